The highest BCUT2D eigenvalue weighted by Crippen LogP contribution is 2.10. The second kappa shape index (κ2) is 12.0. The van der Waals surface area contributed by atoms with Crippen molar-refractivity contribution in [2.45, 2.75) is 59.4 Å². The number of ether oxygens (including phenoxy) is 1. The number of amides is 2. The number of nitrogens with zero attached hydrogens (tertiary/aromatic N) is 2. The molecule has 6 nitrogen and oxygen atoms in total. The Morgan fingerprint density at radius 1 is 1.07 bits per heavy atom. The van der Waals surface area contributed by atoms with Gasteiger partial charge in [0.05, 0.1) is 12.2 Å². The third kappa shape index (κ3) is 8.17. The molecule has 1 heterocycles. The van der Waals surface area contributed by atoms with E-state index >= 15 is 0 Å². The largest absolute Gasteiger partial charge is 0.373 e. The third-order valence-corrected chi connectivity index (χ3v) is 5.21. The van der Waals surface area contributed by atoms with Crippen LogP contribution in [0.4, 0.5) is 4.79 Å². The van der Waals surface area contributed by atoms with Gasteiger partial charge in [0, 0.05) is 39.3 Å². The highest BCUT2D eigenvalue weighted by Gasteiger charge is 2.21. The Kier molecular flexibility index (Phi) is 9.75. The fourth-order valence-corrected chi connectivity index (χ4v) is 3.68. The maximum Gasteiger partial charge on any atom is 0.315 e. The summed E-state index contributed by atoms with van der Waals surface area (Å²) in [7, 11) is 0. The molecule has 1 aliphatic rings. The maximum absolute atomic E-state index is 12.0. The lowest BCUT2D eigenvalue weighted by molar-refractivity contribution is -0.0679. The van der Waals surface area contributed by atoms with Gasteiger partial charge in [-0.25, -0.2) is 4.79 Å². The van der Waals surface area contributed by atoms with Crippen LogP contribution in [0, 0.1) is 0 Å². The van der Waals surface area contributed by atoms with Crippen LogP contribution in [0.15, 0.2) is 24.3 Å². The molecule has 1 fully saturated rings. The van der Waals surface area contributed by atoms with Gasteiger partial charge in [-0.3, -0.25) is 9.80 Å². The first kappa shape index (κ1) is 22.7. The van der Waals surface area contributed by atoms with Gasteiger partial charge >= 0.3 is 6.03 Å². The minimum atomic E-state index is -0.101. The van der Waals surface area contributed by atoms with E-state index < -0.39 is 0 Å². The summed E-state index contributed by atoms with van der Waals surface area (Å²) in [5.74, 6) is 0. The topological polar surface area (TPSA) is 56.8 Å². The van der Waals surface area contributed by atoms with Crippen molar-refractivity contribution in [3.8, 4) is 0 Å². The van der Waals surface area contributed by atoms with Crippen LogP contribution in [0.5, 0.6) is 0 Å². The molecule has 1 aliphatic heterocycles. The van der Waals surface area contributed by atoms with E-state index in [1.807, 2.05) is 0 Å². The van der Waals surface area contributed by atoms with Crippen molar-refractivity contribution in [2.24, 2.45) is 0 Å². The third-order valence-electron chi connectivity index (χ3n) is 5.21. The highest BCUT2D eigenvalue weighted by molar-refractivity contribution is 5.73. The monoisotopic (exact) mass is 390 g/mol. The molecule has 2 atom stereocenters. The molecule has 1 aromatic rings. The van der Waals surface area contributed by atoms with Gasteiger partial charge in [0.2, 0.25) is 0 Å². The zero-order valence-corrected chi connectivity index (χ0v) is 18.0. The Morgan fingerprint density at radius 2 is 1.68 bits per heavy atom. The number of rotatable bonds is 10. The molecular formula is C22H38N4O2. The molecule has 2 amide bonds. The highest BCUT2D eigenvalue weighted by atomic mass is 16.5. The average Bonchev–Trinajstić information content (AvgIpc) is 2.68. The van der Waals surface area contributed by atoms with Crippen LogP contribution in [0.2, 0.25) is 0 Å². The first-order valence-electron chi connectivity index (χ1n) is 10.7. The first-order valence-corrected chi connectivity index (χ1v) is 10.7. The van der Waals surface area contributed by atoms with Crippen molar-refractivity contribution >= 4 is 6.03 Å². The summed E-state index contributed by atoms with van der Waals surface area (Å²) in [6, 6.07) is 8.39. The van der Waals surface area contributed by atoms with Gasteiger partial charge in [-0.2, -0.15) is 0 Å². The van der Waals surface area contributed by atoms with Crippen molar-refractivity contribution in [1.82, 2.24) is 20.4 Å². The van der Waals surface area contributed by atoms with Gasteiger partial charge < -0.3 is 15.4 Å². The Morgan fingerprint density at radius 3 is 2.29 bits per heavy atom. The van der Waals surface area contributed by atoms with Crippen molar-refractivity contribution in [1.29, 1.82) is 0 Å². The maximum atomic E-state index is 12.0. The first-order chi connectivity index (χ1) is 13.5. The van der Waals surface area contributed by atoms with Gasteiger partial charge in [-0.15, -0.1) is 0 Å². The standard InChI is InChI=1S/C22H38N4O2/c1-5-25(6-2)17-21-10-8-20(9-11-21)14-24-22(27)23-12-7-13-26-15-18(3)28-19(4)16-26/h8-11,18-19H,5-7,12-17H2,1-4H3,(H2,23,24,27). The summed E-state index contributed by atoms with van der Waals surface area (Å²) in [5.41, 5.74) is 2.43. The molecule has 2 N–H and O–H groups in total. The number of carbonyl (C=O) groups excluding carboxylic acids is 1. The molecule has 0 spiro atoms. The quantitative estimate of drug-likeness (QED) is 0.603. The predicted molar refractivity (Wildman–Crippen MR) is 114 cm³/mol. The number of hydrogen-bond acceptors (Lipinski definition) is 4. The summed E-state index contributed by atoms with van der Waals surface area (Å²) < 4.78 is 5.75. The summed E-state index contributed by atoms with van der Waals surface area (Å²) in [5, 5.41) is 5.89. The normalized spacial score (nSPS) is 20.3. The van der Waals surface area contributed by atoms with E-state index in [9.17, 15) is 4.79 Å². The number of morpholine rings is 1. The van der Waals surface area contributed by atoms with Gasteiger partial charge in [-0.1, -0.05) is 38.1 Å². The zero-order valence-electron chi connectivity index (χ0n) is 18.0. The van der Waals surface area contributed by atoms with E-state index in [0.717, 1.165) is 51.3 Å². The van der Waals surface area contributed by atoms with Crippen molar-refractivity contribution in [3.05, 3.63) is 35.4 Å². The Balaban J connectivity index is 1.60. The van der Waals surface area contributed by atoms with Crippen molar-refractivity contribution < 1.29 is 9.53 Å². The van der Waals surface area contributed by atoms with Crippen LogP contribution in [0.25, 0.3) is 0 Å². The van der Waals surface area contributed by atoms with E-state index in [-0.39, 0.29) is 6.03 Å². The van der Waals surface area contributed by atoms with Crippen LogP contribution in [0.3, 0.4) is 0 Å². The van der Waals surface area contributed by atoms with E-state index in [4.69, 9.17) is 4.74 Å². The summed E-state index contributed by atoms with van der Waals surface area (Å²) >= 11 is 0. The van der Waals surface area contributed by atoms with Crippen molar-refractivity contribution in [2.75, 3.05) is 39.3 Å². The van der Waals surface area contributed by atoms with Crippen LogP contribution in [-0.4, -0.2) is 67.3 Å². The predicted octanol–water partition coefficient (Wildman–Crippen LogP) is 2.83. The Hall–Kier alpha value is -1.63. The molecule has 28 heavy (non-hydrogen) atoms. The lowest BCUT2D eigenvalue weighted by Gasteiger charge is -2.35. The molecule has 2 unspecified atom stereocenters. The number of urea groups is 1. The minimum Gasteiger partial charge on any atom is -0.373 e. The SMILES string of the molecule is CCN(CC)Cc1ccc(CNC(=O)NCCCN2CC(C)OC(C)C2)cc1. The number of hydrogen-bond donors (Lipinski definition) is 2. The smallest absolute Gasteiger partial charge is 0.315 e. The number of nitrogens with one attached hydrogen (secondary N) is 2. The molecule has 0 bridgehead atoms. The Bertz CT molecular complexity index is 564. The molecule has 1 aromatic carbocycles. The summed E-state index contributed by atoms with van der Waals surface area (Å²) in [6.45, 7) is 15.9. The van der Waals surface area contributed by atoms with Gasteiger partial charge in [0.1, 0.15) is 0 Å². The van der Waals surface area contributed by atoms with Crippen molar-refractivity contribution in [3.63, 3.8) is 0 Å². The second-order valence-electron chi connectivity index (χ2n) is 7.76. The zero-order chi connectivity index (χ0) is 20.4. The van der Waals surface area contributed by atoms with E-state index in [0.29, 0.717) is 25.3 Å². The molecule has 0 aromatic heterocycles. The molecule has 0 saturated carbocycles. The van der Waals surface area contributed by atoms with Gasteiger partial charge in [-0.05, 0) is 44.5 Å². The molecule has 1 saturated heterocycles. The fourth-order valence-electron chi connectivity index (χ4n) is 3.68. The average molecular weight is 391 g/mol. The molecule has 0 aliphatic carbocycles. The fraction of sp³-hybridized carbons (Fsp3) is 0.682. The molecule has 0 radical (unpaired) electrons. The Labute approximate surface area is 170 Å². The number of benzene rings is 1. The van der Waals surface area contributed by atoms with Crippen LogP contribution in [-0.2, 0) is 17.8 Å². The molecule has 158 valence electrons. The molecular weight excluding hydrogens is 352 g/mol. The van der Waals surface area contributed by atoms with Gasteiger partial charge in [0.25, 0.3) is 0 Å². The lowest BCUT2D eigenvalue weighted by atomic mass is 10.1. The summed E-state index contributed by atoms with van der Waals surface area (Å²) in [4.78, 5) is 16.8. The van der Waals surface area contributed by atoms with Crippen LogP contribution in [0.1, 0.15) is 45.2 Å². The van der Waals surface area contributed by atoms with E-state index in [2.05, 4.69) is 72.4 Å². The molecule has 6 heteroatoms. The van der Waals surface area contributed by atoms with Gasteiger partial charge in [0.15, 0.2) is 0 Å². The lowest BCUT2D eigenvalue weighted by Crippen LogP contribution is -2.46. The van der Waals surface area contributed by atoms with E-state index in [1.54, 1.807) is 0 Å². The number of carbonyl (C=O) groups is 1. The summed E-state index contributed by atoms with van der Waals surface area (Å²) in [6.07, 6.45) is 1.53. The van der Waals surface area contributed by atoms with Crippen LogP contribution < -0.4 is 10.6 Å². The second-order valence-corrected chi connectivity index (χ2v) is 7.76. The van der Waals surface area contributed by atoms with E-state index in [1.165, 1.54) is 5.56 Å². The van der Waals surface area contributed by atoms with Crippen LogP contribution >= 0.6 is 0 Å². The molecule has 2 rings (SSSR count). The minimum absolute atomic E-state index is 0.101.